The summed E-state index contributed by atoms with van der Waals surface area (Å²) in [6.07, 6.45) is 0. The van der Waals surface area contributed by atoms with Gasteiger partial charge in [-0.1, -0.05) is 0 Å². The molecule has 5 rings (SSSR count). The van der Waals surface area contributed by atoms with E-state index in [9.17, 15) is 4.79 Å². The average molecular weight is 494 g/mol. The largest absolute Gasteiger partial charge is 0.493 e. The van der Waals surface area contributed by atoms with Crippen molar-refractivity contribution in [1.29, 1.82) is 0 Å². The molecule has 0 bridgehead atoms. The van der Waals surface area contributed by atoms with Crippen LogP contribution in [0.1, 0.15) is 0 Å². The summed E-state index contributed by atoms with van der Waals surface area (Å²) in [6, 6.07) is 12.7. The Morgan fingerprint density at radius 3 is 2.22 bits per heavy atom. The number of carbonyl (C=O) groups is 1. The third-order valence-electron chi connectivity index (χ3n) is 6.13. The summed E-state index contributed by atoms with van der Waals surface area (Å²) >= 11 is 0. The number of hydrogen-bond donors (Lipinski definition) is 1. The van der Waals surface area contributed by atoms with Crippen molar-refractivity contribution in [2.45, 2.75) is 0 Å². The Labute approximate surface area is 208 Å². The number of anilines is 2. The van der Waals surface area contributed by atoms with Gasteiger partial charge in [-0.3, -0.25) is 0 Å². The summed E-state index contributed by atoms with van der Waals surface area (Å²) in [7, 11) is 4.71. The SMILES string of the molecule is COc1cc(-c2ccc(N3CCN(C(=O)Nc4ccc5c(c4)OCO5)CC3)nn2)cc(OC)c1OC. The summed E-state index contributed by atoms with van der Waals surface area (Å²) in [5, 5.41) is 11.8. The molecule has 0 saturated carbocycles. The molecule has 11 heteroatoms. The molecule has 11 nitrogen and oxygen atoms in total. The van der Waals surface area contributed by atoms with Crippen molar-refractivity contribution in [2.75, 3.05) is 64.5 Å². The molecule has 0 spiro atoms. The number of urea groups is 1. The van der Waals surface area contributed by atoms with Crippen LogP contribution in [0.4, 0.5) is 16.3 Å². The highest BCUT2D eigenvalue weighted by Crippen LogP contribution is 2.41. The van der Waals surface area contributed by atoms with Gasteiger partial charge in [0, 0.05) is 43.5 Å². The van der Waals surface area contributed by atoms with E-state index >= 15 is 0 Å². The van der Waals surface area contributed by atoms with Crippen molar-refractivity contribution in [1.82, 2.24) is 15.1 Å². The normalized spacial score (nSPS) is 14.4. The second kappa shape index (κ2) is 10.1. The van der Waals surface area contributed by atoms with Crippen LogP contribution >= 0.6 is 0 Å². The number of aromatic nitrogens is 2. The number of nitrogens with one attached hydrogen (secondary N) is 1. The van der Waals surface area contributed by atoms with Gasteiger partial charge in [0.25, 0.3) is 0 Å². The standard InChI is InChI=1S/C25H27N5O6/c1-32-21-12-16(13-22(33-2)24(21)34-3)18-5-7-23(28-27-18)29-8-10-30(11-9-29)25(31)26-17-4-6-19-20(14-17)36-15-35-19/h4-7,12-14H,8-11,15H2,1-3H3,(H,26,31). The predicted molar refractivity (Wildman–Crippen MR) is 132 cm³/mol. The molecule has 1 N–H and O–H groups in total. The Balaban J connectivity index is 1.21. The molecule has 1 fully saturated rings. The Kier molecular flexibility index (Phi) is 6.52. The molecule has 3 heterocycles. The van der Waals surface area contributed by atoms with Crippen LogP contribution in [0.25, 0.3) is 11.3 Å². The fourth-order valence-corrected chi connectivity index (χ4v) is 4.19. The number of benzene rings is 2. The summed E-state index contributed by atoms with van der Waals surface area (Å²) in [6.45, 7) is 2.61. The summed E-state index contributed by atoms with van der Waals surface area (Å²) in [5.74, 6) is 3.68. The number of nitrogens with zero attached hydrogens (tertiary/aromatic N) is 4. The van der Waals surface area contributed by atoms with Gasteiger partial charge in [0.15, 0.2) is 28.8 Å². The molecule has 36 heavy (non-hydrogen) atoms. The Morgan fingerprint density at radius 1 is 0.861 bits per heavy atom. The van der Waals surface area contributed by atoms with E-state index in [1.807, 2.05) is 24.3 Å². The molecule has 0 atom stereocenters. The van der Waals surface area contributed by atoms with Gasteiger partial charge in [-0.15, -0.1) is 10.2 Å². The Bertz CT molecular complexity index is 1220. The van der Waals surface area contributed by atoms with Gasteiger partial charge in [-0.05, 0) is 36.4 Å². The van der Waals surface area contributed by atoms with Crippen LogP contribution in [0.15, 0.2) is 42.5 Å². The number of ether oxygens (including phenoxy) is 5. The molecular formula is C25H27N5O6. The summed E-state index contributed by atoms with van der Waals surface area (Å²) in [4.78, 5) is 16.6. The summed E-state index contributed by atoms with van der Waals surface area (Å²) in [5.41, 5.74) is 2.15. The van der Waals surface area contributed by atoms with Crippen molar-refractivity contribution >= 4 is 17.5 Å². The van der Waals surface area contributed by atoms with Crippen LogP contribution in [0, 0.1) is 0 Å². The third kappa shape index (κ3) is 4.59. The van der Waals surface area contributed by atoms with E-state index in [1.54, 1.807) is 44.4 Å². The average Bonchev–Trinajstić information content (AvgIpc) is 3.40. The van der Waals surface area contributed by atoms with Crippen LogP contribution in [-0.2, 0) is 0 Å². The fourth-order valence-electron chi connectivity index (χ4n) is 4.19. The van der Waals surface area contributed by atoms with E-state index in [4.69, 9.17) is 23.7 Å². The van der Waals surface area contributed by atoms with Gasteiger partial charge < -0.3 is 38.8 Å². The smallest absolute Gasteiger partial charge is 0.321 e. The van der Waals surface area contributed by atoms with Crippen LogP contribution in [0.3, 0.4) is 0 Å². The second-order valence-corrected chi connectivity index (χ2v) is 8.16. The molecular weight excluding hydrogens is 466 g/mol. The molecule has 2 aliphatic heterocycles. The van der Waals surface area contributed by atoms with E-state index in [0.29, 0.717) is 66.3 Å². The van der Waals surface area contributed by atoms with Gasteiger partial charge in [-0.2, -0.15) is 0 Å². The maximum Gasteiger partial charge on any atom is 0.321 e. The van der Waals surface area contributed by atoms with E-state index in [2.05, 4.69) is 20.4 Å². The molecule has 2 aliphatic rings. The highest BCUT2D eigenvalue weighted by Gasteiger charge is 2.23. The molecule has 1 aromatic heterocycles. The van der Waals surface area contributed by atoms with Gasteiger partial charge >= 0.3 is 6.03 Å². The van der Waals surface area contributed by atoms with Gasteiger partial charge in [0.2, 0.25) is 12.5 Å². The third-order valence-corrected chi connectivity index (χ3v) is 6.13. The van der Waals surface area contributed by atoms with Crippen LogP contribution in [0.5, 0.6) is 28.7 Å². The molecule has 3 aromatic rings. The van der Waals surface area contributed by atoms with E-state index in [0.717, 1.165) is 11.4 Å². The number of hydrogen-bond acceptors (Lipinski definition) is 9. The first-order valence-corrected chi connectivity index (χ1v) is 11.4. The quantitative estimate of drug-likeness (QED) is 0.554. The van der Waals surface area contributed by atoms with Crippen molar-refractivity contribution < 1.29 is 28.5 Å². The van der Waals surface area contributed by atoms with Gasteiger partial charge in [0.05, 0.1) is 27.0 Å². The number of amides is 2. The minimum absolute atomic E-state index is 0.155. The minimum atomic E-state index is -0.155. The highest BCUT2D eigenvalue weighted by molar-refractivity contribution is 5.90. The topological polar surface area (TPSA) is 108 Å². The van der Waals surface area contributed by atoms with Crippen LogP contribution in [-0.4, -0.2) is 75.4 Å². The zero-order valence-electron chi connectivity index (χ0n) is 20.3. The monoisotopic (exact) mass is 493 g/mol. The maximum atomic E-state index is 12.7. The number of fused-ring (bicyclic) bond motifs is 1. The Morgan fingerprint density at radius 2 is 1.58 bits per heavy atom. The van der Waals surface area contributed by atoms with E-state index in [-0.39, 0.29) is 12.8 Å². The zero-order chi connectivity index (χ0) is 25.1. The molecule has 188 valence electrons. The predicted octanol–water partition coefficient (Wildman–Crippen LogP) is 3.25. The molecule has 0 aliphatic carbocycles. The van der Waals surface area contributed by atoms with Crippen molar-refractivity contribution in [3.05, 3.63) is 42.5 Å². The van der Waals surface area contributed by atoms with Crippen LogP contribution in [0.2, 0.25) is 0 Å². The number of piperazine rings is 1. The van der Waals surface area contributed by atoms with Gasteiger partial charge in [-0.25, -0.2) is 4.79 Å². The first-order chi connectivity index (χ1) is 17.6. The number of rotatable bonds is 6. The summed E-state index contributed by atoms with van der Waals surface area (Å²) < 4.78 is 26.9. The maximum absolute atomic E-state index is 12.7. The lowest BCUT2D eigenvalue weighted by atomic mass is 10.1. The molecule has 0 radical (unpaired) electrons. The molecule has 1 saturated heterocycles. The molecule has 2 aromatic carbocycles. The van der Waals surface area contributed by atoms with Crippen molar-refractivity contribution in [2.24, 2.45) is 0 Å². The number of methoxy groups -OCH3 is 3. The lowest BCUT2D eigenvalue weighted by Gasteiger charge is -2.35. The highest BCUT2D eigenvalue weighted by atomic mass is 16.7. The first-order valence-electron chi connectivity index (χ1n) is 11.4. The van der Waals surface area contributed by atoms with E-state index in [1.165, 1.54) is 0 Å². The van der Waals surface area contributed by atoms with Crippen molar-refractivity contribution in [3.8, 4) is 40.0 Å². The lowest BCUT2D eigenvalue weighted by molar-refractivity contribution is 0.174. The second-order valence-electron chi connectivity index (χ2n) is 8.16. The minimum Gasteiger partial charge on any atom is -0.493 e. The van der Waals surface area contributed by atoms with E-state index < -0.39 is 0 Å². The lowest BCUT2D eigenvalue weighted by Crippen LogP contribution is -2.50. The van der Waals surface area contributed by atoms with Crippen molar-refractivity contribution in [3.63, 3.8) is 0 Å². The van der Waals surface area contributed by atoms with Gasteiger partial charge in [0.1, 0.15) is 0 Å². The molecule has 0 unspecified atom stereocenters. The first kappa shape index (κ1) is 23.3. The van der Waals surface area contributed by atoms with Crippen LogP contribution < -0.4 is 33.9 Å². The number of carbonyl (C=O) groups excluding carboxylic acids is 1. The Hall–Kier alpha value is -4.41. The molecule has 2 amide bonds. The fraction of sp³-hybridized carbons (Fsp3) is 0.320. The zero-order valence-corrected chi connectivity index (χ0v) is 20.3.